The van der Waals surface area contributed by atoms with E-state index in [4.69, 9.17) is 11.6 Å². The van der Waals surface area contributed by atoms with E-state index < -0.39 is 35.6 Å². The smallest absolute Gasteiger partial charge is 0.416 e. The average Bonchev–Trinajstić information content (AvgIpc) is 2.85. The van der Waals surface area contributed by atoms with E-state index in [9.17, 15) is 23.1 Å². The van der Waals surface area contributed by atoms with Gasteiger partial charge < -0.3 is 15.2 Å². The number of carboxylic acid groups (broad SMARTS) is 1. The van der Waals surface area contributed by atoms with Gasteiger partial charge in [-0.25, -0.2) is 0 Å². The van der Waals surface area contributed by atoms with E-state index >= 15 is 0 Å². The number of allylic oxidation sites excluding steroid dienone is 2. The second kappa shape index (κ2) is 4.66. The van der Waals surface area contributed by atoms with Crippen LogP contribution in [-0.2, 0) is 11.0 Å². The second-order valence-electron chi connectivity index (χ2n) is 5.18. The van der Waals surface area contributed by atoms with Gasteiger partial charge in [-0.2, -0.15) is 13.2 Å². The van der Waals surface area contributed by atoms with Crippen LogP contribution in [0.3, 0.4) is 0 Å². The number of rotatable bonds is 1. The van der Waals surface area contributed by atoms with Gasteiger partial charge in [0, 0.05) is 5.92 Å². The van der Waals surface area contributed by atoms with Crippen molar-refractivity contribution in [3.05, 3.63) is 40.4 Å². The molecule has 0 bridgehead atoms. The lowest BCUT2D eigenvalue weighted by Gasteiger charge is -2.39. The molecule has 0 saturated heterocycles. The highest BCUT2D eigenvalue weighted by atomic mass is 35.5. The van der Waals surface area contributed by atoms with E-state index in [1.807, 2.05) is 0 Å². The molecule has 3 rings (SSSR count). The van der Waals surface area contributed by atoms with Crippen molar-refractivity contribution >= 4 is 23.3 Å². The summed E-state index contributed by atoms with van der Waals surface area (Å²) < 4.78 is 39.6. The molecule has 1 heterocycles. The predicted octanol–water partition coefficient (Wildman–Crippen LogP) is 2.56. The monoisotopic (exact) mass is 316 g/mol. The molecule has 2 aliphatic rings. The zero-order valence-electron chi connectivity index (χ0n) is 10.6. The molecular formula is C14H10ClF3NO2-. The number of aliphatic carboxylic acids is 1. The van der Waals surface area contributed by atoms with Crippen molar-refractivity contribution in [2.45, 2.75) is 24.6 Å². The SMILES string of the molecule is O=C([O-])[C@H]1Nc2c(Cl)ccc(C(F)(F)F)c2[C@H]2C=CC[C@@H]12. The van der Waals surface area contributed by atoms with E-state index in [1.54, 1.807) is 12.2 Å². The molecule has 1 aromatic rings. The third kappa shape index (κ3) is 2.18. The maximum atomic E-state index is 13.2. The standard InChI is InChI=1S/C14H11ClF3NO2/c15-9-5-4-8(14(16,17)18)10-6-2-1-3-7(6)11(13(20)21)19-12(9)10/h1-2,4-7,11,19H,3H2,(H,20,21)/p-1/t6-,7+,11-/m0/s1. The maximum Gasteiger partial charge on any atom is 0.416 e. The van der Waals surface area contributed by atoms with Gasteiger partial charge in [0.2, 0.25) is 0 Å². The summed E-state index contributed by atoms with van der Waals surface area (Å²) in [6.07, 6.45) is -0.819. The van der Waals surface area contributed by atoms with Crippen molar-refractivity contribution in [3.63, 3.8) is 0 Å². The number of fused-ring (bicyclic) bond motifs is 3. The van der Waals surface area contributed by atoms with Gasteiger partial charge in [-0.1, -0.05) is 23.8 Å². The van der Waals surface area contributed by atoms with Gasteiger partial charge in [0.15, 0.2) is 0 Å². The van der Waals surface area contributed by atoms with Gasteiger partial charge in [0.1, 0.15) is 0 Å². The van der Waals surface area contributed by atoms with Gasteiger partial charge in [0.25, 0.3) is 0 Å². The highest BCUT2D eigenvalue weighted by Gasteiger charge is 2.44. The van der Waals surface area contributed by atoms with Crippen LogP contribution < -0.4 is 10.4 Å². The van der Waals surface area contributed by atoms with Crippen LogP contribution in [0.25, 0.3) is 0 Å². The minimum Gasteiger partial charge on any atom is -0.548 e. The summed E-state index contributed by atoms with van der Waals surface area (Å²) in [5, 5.41) is 13.9. The Hall–Kier alpha value is -1.69. The highest BCUT2D eigenvalue weighted by Crippen LogP contribution is 2.51. The number of hydrogen-bond acceptors (Lipinski definition) is 3. The van der Waals surface area contributed by atoms with Crippen LogP contribution in [-0.4, -0.2) is 12.0 Å². The number of carbonyl (C=O) groups excluding carboxylic acids is 1. The van der Waals surface area contributed by atoms with Crippen LogP contribution in [0.2, 0.25) is 5.02 Å². The first-order valence-electron chi connectivity index (χ1n) is 6.34. The zero-order chi connectivity index (χ0) is 15.4. The Morgan fingerprint density at radius 1 is 1.38 bits per heavy atom. The number of alkyl halides is 3. The van der Waals surface area contributed by atoms with E-state index in [0.29, 0.717) is 6.42 Å². The third-order valence-corrected chi connectivity index (χ3v) is 4.34. The van der Waals surface area contributed by atoms with Crippen LogP contribution >= 0.6 is 11.6 Å². The lowest BCUT2D eigenvalue weighted by molar-refractivity contribution is -0.308. The molecule has 21 heavy (non-hydrogen) atoms. The molecule has 7 heteroatoms. The molecule has 0 radical (unpaired) electrons. The maximum absolute atomic E-state index is 13.2. The first kappa shape index (κ1) is 14.3. The van der Waals surface area contributed by atoms with Crippen molar-refractivity contribution in [3.8, 4) is 0 Å². The largest absolute Gasteiger partial charge is 0.548 e. The van der Waals surface area contributed by atoms with E-state index in [2.05, 4.69) is 5.32 Å². The van der Waals surface area contributed by atoms with Gasteiger partial charge >= 0.3 is 6.18 Å². The van der Waals surface area contributed by atoms with Gasteiger partial charge in [-0.3, -0.25) is 0 Å². The number of halogens is 4. The molecule has 1 aliphatic carbocycles. The Bertz CT molecular complexity index is 642. The minimum atomic E-state index is -4.52. The predicted molar refractivity (Wildman–Crippen MR) is 68.9 cm³/mol. The number of anilines is 1. The lowest BCUT2D eigenvalue weighted by Crippen LogP contribution is -2.49. The molecule has 0 amide bonds. The topological polar surface area (TPSA) is 52.2 Å². The Balaban J connectivity index is 2.22. The third-order valence-electron chi connectivity index (χ3n) is 4.03. The molecule has 1 N–H and O–H groups in total. The molecule has 3 atom stereocenters. The quantitative estimate of drug-likeness (QED) is 0.810. The number of nitrogens with one attached hydrogen (secondary N) is 1. The lowest BCUT2D eigenvalue weighted by atomic mass is 9.77. The second-order valence-corrected chi connectivity index (χ2v) is 5.58. The number of hydrogen-bond donors (Lipinski definition) is 1. The summed E-state index contributed by atoms with van der Waals surface area (Å²) in [5.74, 6) is -2.46. The molecule has 3 nitrogen and oxygen atoms in total. The fourth-order valence-electron chi connectivity index (χ4n) is 3.15. The van der Waals surface area contributed by atoms with Crippen molar-refractivity contribution in [2.24, 2.45) is 5.92 Å². The van der Waals surface area contributed by atoms with Crippen LogP contribution in [0, 0.1) is 5.92 Å². The summed E-state index contributed by atoms with van der Waals surface area (Å²) >= 11 is 5.96. The zero-order valence-corrected chi connectivity index (χ0v) is 11.3. The normalized spacial score (nSPS) is 27.0. The van der Waals surface area contributed by atoms with Gasteiger partial charge in [0.05, 0.1) is 28.3 Å². The molecule has 0 spiro atoms. The molecule has 1 aliphatic heterocycles. The molecule has 0 saturated carbocycles. The van der Waals surface area contributed by atoms with Crippen molar-refractivity contribution in [1.29, 1.82) is 0 Å². The summed E-state index contributed by atoms with van der Waals surface area (Å²) in [5.41, 5.74) is -0.729. The van der Waals surface area contributed by atoms with Crippen molar-refractivity contribution in [1.82, 2.24) is 0 Å². The molecule has 0 fully saturated rings. The number of carboxylic acids is 1. The van der Waals surface area contributed by atoms with Crippen molar-refractivity contribution < 1.29 is 23.1 Å². The molecule has 1 aromatic carbocycles. The number of carbonyl (C=O) groups is 1. The summed E-state index contributed by atoms with van der Waals surface area (Å²) in [7, 11) is 0. The molecule has 0 aromatic heterocycles. The first-order chi connectivity index (χ1) is 9.80. The molecular weight excluding hydrogens is 307 g/mol. The summed E-state index contributed by atoms with van der Waals surface area (Å²) in [6, 6.07) is 1.01. The van der Waals surface area contributed by atoms with Crippen LogP contribution in [0.5, 0.6) is 0 Å². The minimum absolute atomic E-state index is 0.0197. The first-order valence-corrected chi connectivity index (χ1v) is 6.72. The molecule has 0 unspecified atom stereocenters. The van der Waals surface area contributed by atoms with E-state index in [0.717, 1.165) is 12.1 Å². The van der Waals surface area contributed by atoms with Crippen LogP contribution in [0.1, 0.15) is 23.5 Å². The fourth-order valence-corrected chi connectivity index (χ4v) is 3.37. The summed E-state index contributed by atoms with van der Waals surface area (Å²) in [6.45, 7) is 0. The van der Waals surface area contributed by atoms with Crippen LogP contribution in [0.15, 0.2) is 24.3 Å². The average molecular weight is 317 g/mol. The van der Waals surface area contributed by atoms with Gasteiger partial charge in [-0.05, 0) is 30.0 Å². The Morgan fingerprint density at radius 3 is 2.71 bits per heavy atom. The van der Waals surface area contributed by atoms with Gasteiger partial charge in [-0.15, -0.1) is 0 Å². The van der Waals surface area contributed by atoms with Crippen LogP contribution in [0.4, 0.5) is 18.9 Å². The van der Waals surface area contributed by atoms with E-state index in [1.165, 1.54) is 0 Å². The fraction of sp³-hybridized carbons (Fsp3) is 0.357. The molecule has 112 valence electrons. The van der Waals surface area contributed by atoms with Crippen molar-refractivity contribution in [2.75, 3.05) is 5.32 Å². The highest BCUT2D eigenvalue weighted by molar-refractivity contribution is 6.33. The Morgan fingerprint density at radius 2 is 2.10 bits per heavy atom. The Kier molecular flexibility index (Phi) is 3.16. The Labute approximate surface area is 123 Å². The number of benzene rings is 1. The van der Waals surface area contributed by atoms with E-state index in [-0.39, 0.29) is 16.3 Å². The summed E-state index contributed by atoms with van der Waals surface area (Å²) in [4.78, 5) is 11.2.